The molecule has 166 valence electrons. The van der Waals surface area contributed by atoms with E-state index in [1.165, 1.54) is 43.1 Å². The lowest BCUT2D eigenvalue weighted by Crippen LogP contribution is -2.42. The highest BCUT2D eigenvalue weighted by Crippen LogP contribution is 2.27. The summed E-state index contributed by atoms with van der Waals surface area (Å²) < 4.78 is 30.3. The molecule has 2 aliphatic rings. The number of nitrogen functional groups attached to an aromatic ring is 1. The van der Waals surface area contributed by atoms with Crippen LogP contribution >= 0.6 is 0 Å². The van der Waals surface area contributed by atoms with Gasteiger partial charge in [0.15, 0.2) is 17.5 Å². The molecule has 0 amide bonds. The van der Waals surface area contributed by atoms with Crippen molar-refractivity contribution in [2.24, 2.45) is 5.10 Å². The van der Waals surface area contributed by atoms with Gasteiger partial charge in [0, 0.05) is 42.8 Å². The van der Waals surface area contributed by atoms with E-state index in [-0.39, 0.29) is 17.3 Å². The van der Waals surface area contributed by atoms with Gasteiger partial charge < -0.3 is 15.2 Å². The first-order valence-electron chi connectivity index (χ1n) is 10.6. The summed E-state index contributed by atoms with van der Waals surface area (Å²) in [6.07, 6.45) is 8.38. The molecule has 4 heterocycles. The highest BCUT2D eigenvalue weighted by Gasteiger charge is 2.27. The van der Waals surface area contributed by atoms with Gasteiger partial charge in [-0.05, 0) is 50.2 Å². The van der Waals surface area contributed by atoms with Gasteiger partial charge in [0.05, 0.1) is 5.56 Å². The molecule has 2 aliphatic heterocycles. The molecular weight excluding hydrogens is 414 g/mol. The first kappa shape index (κ1) is 20.4. The van der Waals surface area contributed by atoms with Gasteiger partial charge in [0.1, 0.15) is 11.5 Å². The number of nitrogens with one attached hydrogen (secondary N) is 2. The van der Waals surface area contributed by atoms with E-state index in [0.29, 0.717) is 5.56 Å². The van der Waals surface area contributed by atoms with Crippen LogP contribution in [-0.2, 0) is 6.54 Å². The summed E-state index contributed by atoms with van der Waals surface area (Å²) in [5.74, 6) is -1.43. The van der Waals surface area contributed by atoms with Crippen LogP contribution in [0.3, 0.4) is 0 Å². The first-order valence-corrected chi connectivity index (χ1v) is 10.6. The number of nitrogens with zero attached hydrogens (tertiary/aromatic N) is 5. The molecule has 0 unspecified atom stereocenters. The van der Waals surface area contributed by atoms with Crippen molar-refractivity contribution in [1.29, 1.82) is 0 Å². The van der Waals surface area contributed by atoms with Crippen molar-refractivity contribution in [2.45, 2.75) is 19.4 Å². The van der Waals surface area contributed by atoms with Gasteiger partial charge >= 0.3 is 0 Å². The third-order valence-electron chi connectivity index (χ3n) is 5.82. The Morgan fingerprint density at radius 2 is 1.91 bits per heavy atom. The Bertz CT molecular complexity index is 1150. The summed E-state index contributed by atoms with van der Waals surface area (Å²) >= 11 is 0. The Morgan fingerprint density at radius 1 is 1.06 bits per heavy atom. The number of hydrogen-bond acceptors (Lipinski definition) is 7. The van der Waals surface area contributed by atoms with Crippen LogP contribution in [0.15, 0.2) is 54.0 Å². The molecule has 0 atom stereocenters. The smallest absolute Gasteiger partial charge is 0.184 e. The first-order chi connectivity index (χ1) is 15.6. The number of benzene rings is 1. The van der Waals surface area contributed by atoms with E-state index in [1.54, 1.807) is 6.20 Å². The fourth-order valence-corrected chi connectivity index (χ4v) is 4.08. The number of anilines is 2. The minimum Gasteiger partial charge on any atom is -0.383 e. The number of amidine groups is 1. The van der Waals surface area contributed by atoms with Crippen LogP contribution in [0, 0.1) is 11.6 Å². The number of hydrogen-bond donors (Lipinski definition) is 3. The van der Waals surface area contributed by atoms with Gasteiger partial charge in [0.25, 0.3) is 0 Å². The maximum Gasteiger partial charge on any atom is 0.184 e. The van der Waals surface area contributed by atoms with Crippen LogP contribution in [0.2, 0.25) is 0 Å². The lowest BCUT2D eigenvalue weighted by atomic mass is 10.1. The second-order valence-corrected chi connectivity index (χ2v) is 7.91. The van der Waals surface area contributed by atoms with E-state index in [9.17, 15) is 8.78 Å². The van der Waals surface area contributed by atoms with Gasteiger partial charge in [-0.15, -0.1) is 10.6 Å². The van der Waals surface area contributed by atoms with Gasteiger partial charge in [-0.2, -0.15) is 0 Å². The summed E-state index contributed by atoms with van der Waals surface area (Å²) in [5.41, 5.74) is 13.7. The molecular formula is C22H24F2N8. The van der Waals surface area contributed by atoms with E-state index in [2.05, 4.69) is 36.8 Å². The molecule has 0 radical (unpaired) electrons. The SMILES string of the molecule is Nc1ncc(-c2ccn(CCN3CCCC3)c2)cc1C1=NNNN1c1cccc(F)c1F. The van der Waals surface area contributed by atoms with E-state index in [0.717, 1.165) is 30.3 Å². The minimum atomic E-state index is -0.992. The van der Waals surface area contributed by atoms with E-state index >= 15 is 0 Å². The Labute approximate surface area is 184 Å². The van der Waals surface area contributed by atoms with Crippen LogP contribution in [0.25, 0.3) is 11.1 Å². The normalized spacial score (nSPS) is 16.4. The summed E-state index contributed by atoms with van der Waals surface area (Å²) in [7, 11) is 0. The molecule has 4 N–H and O–H groups in total. The Morgan fingerprint density at radius 3 is 2.75 bits per heavy atom. The van der Waals surface area contributed by atoms with Gasteiger partial charge in [-0.25, -0.2) is 24.3 Å². The summed E-state index contributed by atoms with van der Waals surface area (Å²) in [5, 5.41) is 5.47. The quantitative estimate of drug-likeness (QED) is 0.549. The number of hydrazone groups is 1. The predicted molar refractivity (Wildman–Crippen MR) is 119 cm³/mol. The fourth-order valence-electron chi connectivity index (χ4n) is 4.08. The molecule has 10 heteroatoms. The van der Waals surface area contributed by atoms with Crippen molar-refractivity contribution >= 4 is 17.3 Å². The summed E-state index contributed by atoms with van der Waals surface area (Å²) in [6, 6.07) is 7.80. The largest absolute Gasteiger partial charge is 0.383 e. The third kappa shape index (κ3) is 3.90. The molecule has 0 saturated carbocycles. The van der Waals surface area contributed by atoms with Gasteiger partial charge in [-0.1, -0.05) is 6.07 Å². The summed E-state index contributed by atoms with van der Waals surface area (Å²) in [4.78, 5) is 6.79. The van der Waals surface area contributed by atoms with E-state index in [4.69, 9.17) is 5.73 Å². The zero-order valence-electron chi connectivity index (χ0n) is 17.4. The van der Waals surface area contributed by atoms with Crippen molar-refractivity contribution < 1.29 is 8.78 Å². The molecule has 0 spiro atoms. The average molecular weight is 438 g/mol. The lowest BCUT2D eigenvalue weighted by Gasteiger charge is -2.20. The number of rotatable bonds is 6. The van der Waals surface area contributed by atoms with Crippen LogP contribution in [0.4, 0.5) is 20.3 Å². The number of likely N-dealkylation sites (tertiary alicyclic amines) is 1. The van der Waals surface area contributed by atoms with Crippen molar-refractivity contribution in [3.8, 4) is 11.1 Å². The van der Waals surface area contributed by atoms with Gasteiger partial charge in [0.2, 0.25) is 0 Å². The Hall–Kier alpha value is -3.50. The monoisotopic (exact) mass is 438 g/mol. The maximum atomic E-state index is 14.4. The van der Waals surface area contributed by atoms with Crippen LogP contribution in [0.5, 0.6) is 0 Å². The molecule has 1 aromatic carbocycles. The third-order valence-corrected chi connectivity index (χ3v) is 5.82. The van der Waals surface area contributed by atoms with Crippen molar-refractivity contribution in [3.63, 3.8) is 0 Å². The van der Waals surface area contributed by atoms with Crippen LogP contribution < -0.4 is 21.8 Å². The minimum absolute atomic E-state index is 0.0216. The Kier molecular flexibility index (Phi) is 5.46. The van der Waals surface area contributed by atoms with Crippen LogP contribution in [-0.4, -0.2) is 39.9 Å². The average Bonchev–Trinajstić information content (AvgIpc) is 3.56. The highest BCUT2D eigenvalue weighted by atomic mass is 19.2. The second-order valence-electron chi connectivity index (χ2n) is 7.91. The molecule has 1 fully saturated rings. The summed E-state index contributed by atoms with van der Waals surface area (Å²) in [6.45, 7) is 4.29. The predicted octanol–water partition coefficient (Wildman–Crippen LogP) is 2.70. The molecule has 0 aliphatic carbocycles. The number of halogens is 2. The maximum absolute atomic E-state index is 14.4. The lowest BCUT2D eigenvalue weighted by molar-refractivity contribution is 0.323. The molecule has 2 aromatic heterocycles. The number of nitrogens with two attached hydrogens (primary N) is 1. The molecule has 1 saturated heterocycles. The zero-order chi connectivity index (χ0) is 22.1. The van der Waals surface area contributed by atoms with Crippen molar-refractivity contribution in [2.75, 3.05) is 30.4 Å². The zero-order valence-corrected chi connectivity index (χ0v) is 17.4. The second kappa shape index (κ2) is 8.56. The van der Waals surface area contributed by atoms with Crippen molar-refractivity contribution in [1.82, 2.24) is 25.5 Å². The molecule has 8 nitrogen and oxygen atoms in total. The van der Waals surface area contributed by atoms with E-state index in [1.807, 2.05) is 18.3 Å². The molecule has 32 heavy (non-hydrogen) atoms. The standard InChI is InChI=1S/C22H24F2N8/c23-18-4-3-5-19(20(18)24)32-22(27-28-29-32)17-12-16(13-26-21(17)25)15-6-9-31(14-15)11-10-30-7-1-2-8-30/h3-6,9,12-14,28-29H,1-2,7-8,10-11H2,(H2,25,26). The van der Waals surface area contributed by atoms with E-state index < -0.39 is 11.6 Å². The topological polar surface area (TPSA) is 86.7 Å². The number of aromatic nitrogens is 2. The fraction of sp³-hybridized carbons (Fsp3) is 0.273. The molecule has 3 aromatic rings. The molecule has 0 bridgehead atoms. The van der Waals surface area contributed by atoms with Gasteiger partial charge in [-0.3, -0.25) is 0 Å². The number of hydrazine groups is 2. The van der Waals surface area contributed by atoms with Crippen molar-refractivity contribution in [3.05, 3.63) is 66.1 Å². The molecule has 5 rings (SSSR count). The highest BCUT2D eigenvalue weighted by molar-refractivity contribution is 6.13. The Balaban J connectivity index is 1.40. The number of pyridine rings is 1. The van der Waals surface area contributed by atoms with Crippen LogP contribution in [0.1, 0.15) is 18.4 Å².